The smallest absolute Gasteiger partial charge is 0.308 e. The van der Waals surface area contributed by atoms with Crippen LogP contribution in [0, 0.1) is 5.92 Å². The number of carboxylic acid groups (broad SMARTS) is 1. The average Bonchev–Trinajstić information content (AvgIpc) is 2.84. The van der Waals surface area contributed by atoms with Gasteiger partial charge in [0.1, 0.15) is 0 Å². The lowest BCUT2D eigenvalue weighted by molar-refractivity contribution is -0.143. The van der Waals surface area contributed by atoms with E-state index in [2.05, 4.69) is 10.6 Å². The zero-order chi connectivity index (χ0) is 18.9. The van der Waals surface area contributed by atoms with Crippen LogP contribution in [0.1, 0.15) is 55.3 Å². The summed E-state index contributed by atoms with van der Waals surface area (Å²) in [7, 11) is 0. The molecule has 0 unspecified atom stereocenters. The minimum atomic E-state index is -0.840. The van der Waals surface area contributed by atoms with E-state index in [-0.39, 0.29) is 24.3 Å². The standard InChI is InChI=1S/C19H25ClN2O4/c20-14-10-8-13(9-11-14)18(24)21-12-4-7-17(23)22-16-6-3-1-2-5-15(16)19(25)26/h8-11,15-16H,1-7,12H2,(H,21,24)(H,22,23)(H,25,26)/t15-,16+/m1/s1. The van der Waals surface area contributed by atoms with Crippen molar-refractivity contribution in [3.05, 3.63) is 34.9 Å². The Morgan fingerprint density at radius 1 is 1.08 bits per heavy atom. The van der Waals surface area contributed by atoms with Crippen LogP contribution in [-0.4, -0.2) is 35.5 Å². The Bertz CT molecular complexity index is 633. The van der Waals surface area contributed by atoms with Gasteiger partial charge in [0.25, 0.3) is 5.91 Å². The predicted molar refractivity (Wildman–Crippen MR) is 99.2 cm³/mol. The largest absolute Gasteiger partial charge is 0.481 e. The second-order valence-electron chi connectivity index (χ2n) is 6.62. The van der Waals surface area contributed by atoms with Crippen LogP contribution in [0.3, 0.4) is 0 Å². The molecule has 1 fully saturated rings. The molecule has 2 amide bonds. The number of amides is 2. The van der Waals surface area contributed by atoms with Gasteiger partial charge in [0.05, 0.1) is 5.92 Å². The summed E-state index contributed by atoms with van der Waals surface area (Å²) >= 11 is 5.79. The van der Waals surface area contributed by atoms with Crippen LogP contribution in [0.4, 0.5) is 0 Å². The fraction of sp³-hybridized carbons (Fsp3) is 0.526. The van der Waals surface area contributed by atoms with E-state index in [1.165, 1.54) is 0 Å². The Hall–Kier alpha value is -2.08. The molecule has 2 atom stereocenters. The van der Waals surface area contributed by atoms with Crippen molar-refractivity contribution >= 4 is 29.4 Å². The van der Waals surface area contributed by atoms with Crippen molar-refractivity contribution in [3.8, 4) is 0 Å². The number of hydrogen-bond acceptors (Lipinski definition) is 3. The molecular formula is C19H25ClN2O4. The SMILES string of the molecule is O=C(CCCNC(=O)c1ccc(Cl)cc1)N[C@H]1CCCCC[C@H]1C(=O)O. The van der Waals surface area contributed by atoms with Gasteiger partial charge in [-0.15, -0.1) is 0 Å². The summed E-state index contributed by atoms with van der Waals surface area (Å²) in [5.41, 5.74) is 0.515. The lowest BCUT2D eigenvalue weighted by Crippen LogP contribution is -2.43. The van der Waals surface area contributed by atoms with Gasteiger partial charge in [0, 0.05) is 29.6 Å². The van der Waals surface area contributed by atoms with E-state index in [4.69, 9.17) is 11.6 Å². The van der Waals surface area contributed by atoms with E-state index in [0.717, 1.165) is 19.3 Å². The number of benzene rings is 1. The van der Waals surface area contributed by atoms with Crippen molar-refractivity contribution in [1.82, 2.24) is 10.6 Å². The number of aliphatic carboxylic acids is 1. The zero-order valence-electron chi connectivity index (χ0n) is 14.7. The Kier molecular flexibility index (Phi) is 7.91. The summed E-state index contributed by atoms with van der Waals surface area (Å²) in [4.78, 5) is 35.4. The Labute approximate surface area is 158 Å². The molecule has 1 aromatic rings. The second-order valence-corrected chi connectivity index (χ2v) is 7.06. The Morgan fingerprint density at radius 2 is 1.77 bits per heavy atom. The highest BCUT2D eigenvalue weighted by molar-refractivity contribution is 6.30. The molecule has 1 aromatic carbocycles. The van der Waals surface area contributed by atoms with Gasteiger partial charge in [-0.05, 0) is 43.5 Å². The van der Waals surface area contributed by atoms with Crippen LogP contribution in [-0.2, 0) is 9.59 Å². The van der Waals surface area contributed by atoms with Gasteiger partial charge in [-0.1, -0.05) is 30.9 Å². The maximum Gasteiger partial charge on any atom is 0.308 e. The van der Waals surface area contributed by atoms with Gasteiger partial charge in [-0.25, -0.2) is 0 Å². The second kappa shape index (κ2) is 10.2. The van der Waals surface area contributed by atoms with Crippen LogP contribution < -0.4 is 10.6 Å². The number of hydrogen-bond donors (Lipinski definition) is 3. The highest BCUT2D eigenvalue weighted by atomic mass is 35.5. The molecule has 1 aliphatic rings. The van der Waals surface area contributed by atoms with Crippen molar-refractivity contribution in [1.29, 1.82) is 0 Å². The fourth-order valence-electron chi connectivity index (χ4n) is 3.21. The van der Waals surface area contributed by atoms with Crippen LogP contribution in [0.5, 0.6) is 0 Å². The first-order valence-corrected chi connectivity index (χ1v) is 9.41. The molecular weight excluding hydrogens is 356 g/mol. The number of nitrogens with one attached hydrogen (secondary N) is 2. The molecule has 3 N–H and O–H groups in total. The summed E-state index contributed by atoms with van der Waals surface area (Å²) in [5.74, 6) is -1.72. The highest BCUT2D eigenvalue weighted by Gasteiger charge is 2.30. The molecule has 0 heterocycles. The van der Waals surface area contributed by atoms with Crippen LogP contribution >= 0.6 is 11.6 Å². The molecule has 0 radical (unpaired) electrons. The van der Waals surface area contributed by atoms with Gasteiger partial charge in [0.2, 0.25) is 5.91 Å². The highest BCUT2D eigenvalue weighted by Crippen LogP contribution is 2.24. The van der Waals surface area contributed by atoms with Crippen molar-refractivity contribution in [2.75, 3.05) is 6.54 Å². The maximum atomic E-state index is 12.1. The molecule has 0 spiro atoms. The molecule has 0 aliphatic heterocycles. The van der Waals surface area contributed by atoms with Crippen LogP contribution in [0.15, 0.2) is 24.3 Å². The predicted octanol–water partition coefficient (Wildman–Crippen LogP) is 3.00. The normalized spacial score (nSPS) is 20.0. The third-order valence-corrected chi connectivity index (χ3v) is 4.90. The van der Waals surface area contributed by atoms with Gasteiger partial charge in [-0.2, -0.15) is 0 Å². The quantitative estimate of drug-likeness (QED) is 0.500. The first-order chi connectivity index (χ1) is 12.5. The molecule has 6 nitrogen and oxygen atoms in total. The number of rotatable bonds is 7. The number of carbonyl (C=O) groups is 3. The molecule has 26 heavy (non-hydrogen) atoms. The monoisotopic (exact) mass is 380 g/mol. The minimum Gasteiger partial charge on any atom is -0.481 e. The summed E-state index contributed by atoms with van der Waals surface area (Å²) in [5, 5.41) is 15.5. The van der Waals surface area contributed by atoms with Crippen molar-refractivity contribution in [3.63, 3.8) is 0 Å². The van der Waals surface area contributed by atoms with E-state index in [9.17, 15) is 19.5 Å². The van der Waals surface area contributed by atoms with Crippen molar-refractivity contribution in [2.45, 2.75) is 51.0 Å². The zero-order valence-corrected chi connectivity index (χ0v) is 15.4. The Morgan fingerprint density at radius 3 is 2.46 bits per heavy atom. The van der Waals surface area contributed by atoms with Gasteiger partial charge < -0.3 is 15.7 Å². The van der Waals surface area contributed by atoms with Crippen LogP contribution in [0.25, 0.3) is 0 Å². The molecule has 0 bridgehead atoms. The topological polar surface area (TPSA) is 95.5 Å². The molecule has 142 valence electrons. The van der Waals surface area contributed by atoms with Gasteiger partial charge in [-0.3, -0.25) is 14.4 Å². The average molecular weight is 381 g/mol. The molecule has 0 saturated heterocycles. The molecule has 2 rings (SSSR count). The van der Waals surface area contributed by atoms with Crippen LogP contribution in [0.2, 0.25) is 5.02 Å². The van der Waals surface area contributed by atoms with E-state index in [1.807, 2.05) is 0 Å². The molecule has 1 saturated carbocycles. The minimum absolute atomic E-state index is 0.163. The van der Waals surface area contributed by atoms with E-state index < -0.39 is 11.9 Å². The summed E-state index contributed by atoms with van der Waals surface area (Å²) in [6.45, 7) is 0.377. The number of carbonyl (C=O) groups excluding carboxylic acids is 2. The number of halogens is 1. The third kappa shape index (κ3) is 6.33. The first kappa shape index (κ1) is 20.2. The van der Waals surface area contributed by atoms with Crippen molar-refractivity contribution < 1.29 is 19.5 Å². The molecule has 1 aliphatic carbocycles. The van der Waals surface area contributed by atoms with E-state index in [0.29, 0.717) is 36.4 Å². The summed E-state index contributed by atoms with van der Waals surface area (Å²) < 4.78 is 0. The third-order valence-electron chi connectivity index (χ3n) is 4.65. The lowest BCUT2D eigenvalue weighted by Gasteiger charge is -2.22. The lowest BCUT2D eigenvalue weighted by atomic mass is 9.94. The molecule has 0 aromatic heterocycles. The van der Waals surface area contributed by atoms with E-state index in [1.54, 1.807) is 24.3 Å². The first-order valence-electron chi connectivity index (χ1n) is 9.03. The van der Waals surface area contributed by atoms with Crippen molar-refractivity contribution in [2.24, 2.45) is 5.92 Å². The summed E-state index contributed by atoms with van der Waals surface area (Å²) in [6, 6.07) is 6.28. The number of carboxylic acids is 1. The summed E-state index contributed by atoms with van der Waals surface area (Å²) in [6.07, 6.45) is 4.89. The fourth-order valence-corrected chi connectivity index (χ4v) is 3.34. The van der Waals surface area contributed by atoms with Gasteiger partial charge >= 0.3 is 5.97 Å². The van der Waals surface area contributed by atoms with E-state index >= 15 is 0 Å². The molecule has 7 heteroatoms. The van der Waals surface area contributed by atoms with Gasteiger partial charge in [0.15, 0.2) is 0 Å². The maximum absolute atomic E-state index is 12.1. The Balaban J connectivity index is 1.71.